The van der Waals surface area contributed by atoms with Crippen LogP contribution < -0.4 is 27.4 Å². The van der Waals surface area contributed by atoms with Crippen LogP contribution in [0.5, 0.6) is 0 Å². The van der Waals surface area contributed by atoms with E-state index in [0.717, 1.165) is 10.9 Å². The van der Waals surface area contributed by atoms with E-state index in [9.17, 15) is 29.1 Å². The SMILES string of the molecule is CC(C)CC(NC(=O)C(N)C(C)C)C(=O)NC(CCC(N)=O)C(=O)NC(Cc1c[nH]c2ccccc12)C(=O)O. The van der Waals surface area contributed by atoms with Crippen molar-refractivity contribution in [3.05, 3.63) is 36.0 Å². The number of hydrogen-bond donors (Lipinski definition) is 7. The predicted molar refractivity (Wildman–Crippen MR) is 146 cm³/mol. The standard InChI is InChI=1S/C27H40N6O6/c1-14(2)11-20(32-26(37)23(29)15(3)4)25(36)31-19(9-10-22(28)34)24(35)33-21(27(38)39)12-16-13-30-18-8-6-5-7-17(16)18/h5-8,13-15,19-21,23,30H,9-12,29H2,1-4H3,(H2,28,34)(H,31,36)(H,32,37)(H,33,35)(H,38,39). The highest BCUT2D eigenvalue weighted by Gasteiger charge is 2.31. The molecule has 0 spiro atoms. The van der Waals surface area contributed by atoms with Gasteiger partial charge in [0.25, 0.3) is 0 Å². The number of primary amides is 1. The van der Waals surface area contributed by atoms with Crippen LogP contribution in [-0.4, -0.2) is 63.9 Å². The lowest BCUT2D eigenvalue weighted by Crippen LogP contribution is -2.58. The van der Waals surface area contributed by atoms with E-state index in [0.29, 0.717) is 5.56 Å². The lowest BCUT2D eigenvalue weighted by atomic mass is 9.99. The number of aromatic nitrogens is 1. The van der Waals surface area contributed by atoms with Crippen LogP contribution in [0.4, 0.5) is 0 Å². The summed E-state index contributed by atoms with van der Waals surface area (Å²) < 4.78 is 0. The Hall–Kier alpha value is -3.93. The molecule has 4 unspecified atom stereocenters. The molecule has 0 aliphatic carbocycles. The minimum absolute atomic E-state index is 0.0132. The number of carbonyl (C=O) groups is 5. The monoisotopic (exact) mass is 544 g/mol. The van der Waals surface area contributed by atoms with Crippen LogP contribution in [0.3, 0.4) is 0 Å². The summed E-state index contributed by atoms with van der Waals surface area (Å²) in [5.41, 5.74) is 12.7. The molecule has 4 amide bonds. The second kappa shape index (κ2) is 14.3. The van der Waals surface area contributed by atoms with Crippen molar-refractivity contribution in [3.8, 4) is 0 Å². The van der Waals surface area contributed by atoms with Crippen molar-refractivity contribution in [3.63, 3.8) is 0 Å². The van der Waals surface area contributed by atoms with Gasteiger partial charge in [0.05, 0.1) is 6.04 Å². The summed E-state index contributed by atoms with van der Waals surface area (Å²) in [5.74, 6) is -4.04. The number of hydrogen-bond acceptors (Lipinski definition) is 6. The molecule has 2 rings (SSSR count). The van der Waals surface area contributed by atoms with Gasteiger partial charge >= 0.3 is 5.97 Å². The summed E-state index contributed by atoms with van der Waals surface area (Å²) in [5, 5.41) is 18.3. The highest BCUT2D eigenvalue weighted by atomic mass is 16.4. The summed E-state index contributed by atoms with van der Waals surface area (Å²) in [4.78, 5) is 65.5. The van der Waals surface area contributed by atoms with E-state index in [1.54, 1.807) is 20.0 Å². The minimum atomic E-state index is -1.31. The van der Waals surface area contributed by atoms with Gasteiger partial charge in [-0.15, -0.1) is 0 Å². The molecule has 0 aliphatic rings. The van der Waals surface area contributed by atoms with Crippen LogP contribution in [0, 0.1) is 11.8 Å². The second-order valence-corrected chi connectivity index (χ2v) is 10.5. The van der Waals surface area contributed by atoms with E-state index in [-0.39, 0.29) is 37.5 Å². The topological polar surface area (TPSA) is 209 Å². The number of fused-ring (bicyclic) bond motifs is 1. The van der Waals surface area contributed by atoms with Gasteiger partial charge in [-0.2, -0.15) is 0 Å². The van der Waals surface area contributed by atoms with Crippen LogP contribution in [0.15, 0.2) is 30.5 Å². The number of benzene rings is 1. The van der Waals surface area contributed by atoms with Crippen molar-refractivity contribution in [1.82, 2.24) is 20.9 Å². The highest BCUT2D eigenvalue weighted by molar-refractivity contribution is 5.94. The number of H-pyrrole nitrogens is 1. The lowest BCUT2D eigenvalue weighted by molar-refractivity contribution is -0.142. The number of amides is 4. The number of aromatic amines is 1. The molecule has 2 aromatic rings. The van der Waals surface area contributed by atoms with E-state index >= 15 is 0 Å². The van der Waals surface area contributed by atoms with Crippen LogP contribution in [-0.2, 0) is 30.4 Å². The van der Waals surface area contributed by atoms with Gasteiger partial charge in [-0.25, -0.2) is 4.79 Å². The number of carboxylic acid groups (broad SMARTS) is 1. The Morgan fingerprint density at radius 1 is 0.897 bits per heavy atom. The van der Waals surface area contributed by atoms with Crippen molar-refractivity contribution in [2.45, 2.75) is 77.5 Å². The molecule has 0 aliphatic heterocycles. The van der Waals surface area contributed by atoms with Gasteiger partial charge in [-0.1, -0.05) is 45.9 Å². The maximum Gasteiger partial charge on any atom is 0.326 e. The largest absolute Gasteiger partial charge is 0.480 e. The minimum Gasteiger partial charge on any atom is -0.480 e. The third-order valence-electron chi connectivity index (χ3n) is 6.39. The van der Waals surface area contributed by atoms with Gasteiger partial charge in [0.2, 0.25) is 23.6 Å². The number of para-hydroxylation sites is 1. The number of carboxylic acids is 1. The Bertz CT molecular complexity index is 1180. The molecule has 0 fully saturated rings. The third-order valence-corrected chi connectivity index (χ3v) is 6.39. The third kappa shape index (κ3) is 9.40. The van der Waals surface area contributed by atoms with Crippen molar-refractivity contribution in [1.29, 1.82) is 0 Å². The molecule has 12 nitrogen and oxygen atoms in total. The molecule has 214 valence electrons. The Morgan fingerprint density at radius 3 is 2.08 bits per heavy atom. The van der Waals surface area contributed by atoms with E-state index in [1.165, 1.54) is 0 Å². The first-order chi connectivity index (χ1) is 18.3. The van der Waals surface area contributed by atoms with Gasteiger partial charge < -0.3 is 37.5 Å². The molecule has 0 saturated carbocycles. The van der Waals surface area contributed by atoms with Crippen molar-refractivity contribution in [2.75, 3.05) is 0 Å². The zero-order valence-corrected chi connectivity index (χ0v) is 22.8. The summed E-state index contributed by atoms with van der Waals surface area (Å²) in [6.45, 7) is 7.30. The zero-order chi connectivity index (χ0) is 29.3. The Labute approximate surface area is 227 Å². The molecule has 1 aromatic heterocycles. The highest BCUT2D eigenvalue weighted by Crippen LogP contribution is 2.19. The summed E-state index contributed by atoms with van der Waals surface area (Å²) >= 11 is 0. The molecule has 39 heavy (non-hydrogen) atoms. The number of nitrogens with two attached hydrogens (primary N) is 2. The van der Waals surface area contributed by atoms with E-state index in [4.69, 9.17) is 11.5 Å². The Morgan fingerprint density at radius 2 is 1.49 bits per heavy atom. The fraction of sp³-hybridized carbons (Fsp3) is 0.519. The first kappa shape index (κ1) is 31.3. The van der Waals surface area contributed by atoms with Crippen molar-refractivity contribution >= 4 is 40.5 Å². The summed E-state index contributed by atoms with van der Waals surface area (Å²) in [7, 11) is 0. The van der Waals surface area contributed by atoms with Crippen LogP contribution in [0.25, 0.3) is 10.9 Å². The van der Waals surface area contributed by atoms with Crippen LogP contribution >= 0.6 is 0 Å². The first-order valence-corrected chi connectivity index (χ1v) is 13.0. The van der Waals surface area contributed by atoms with Crippen molar-refractivity contribution < 1.29 is 29.1 Å². The molecule has 9 N–H and O–H groups in total. The quantitative estimate of drug-likeness (QED) is 0.169. The second-order valence-electron chi connectivity index (χ2n) is 10.5. The van der Waals surface area contributed by atoms with E-state index in [2.05, 4.69) is 20.9 Å². The molecule has 1 aromatic carbocycles. The van der Waals surface area contributed by atoms with Crippen LogP contribution in [0.1, 0.15) is 52.5 Å². The van der Waals surface area contributed by atoms with E-state index in [1.807, 2.05) is 38.1 Å². The maximum absolute atomic E-state index is 13.2. The predicted octanol–water partition coefficient (Wildman–Crippen LogP) is 0.544. The number of carbonyl (C=O) groups excluding carboxylic acids is 4. The van der Waals surface area contributed by atoms with Gasteiger partial charge in [0.1, 0.15) is 18.1 Å². The molecular weight excluding hydrogens is 504 g/mol. The fourth-order valence-electron chi connectivity index (χ4n) is 4.09. The Balaban J connectivity index is 2.21. The summed E-state index contributed by atoms with van der Waals surface area (Å²) in [6, 6.07) is 2.96. The number of nitrogens with one attached hydrogen (secondary N) is 4. The average molecular weight is 545 g/mol. The molecular formula is C27H40N6O6. The smallest absolute Gasteiger partial charge is 0.326 e. The number of rotatable bonds is 15. The maximum atomic E-state index is 13.2. The molecule has 0 bridgehead atoms. The molecule has 12 heteroatoms. The van der Waals surface area contributed by atoms with Gasteiger partial charge in [0, 0.05) is 29.9 Å². The molecule has 0 radical (unpaired) electrons. The van der Waals surface area contributed by atoms with Gasteiger partial charge in [-0.3, -0.25) is 19.2 Å². The summed E-state index contributed by atoms with van der Waals surface area (Å²) in [6.07, 6.45) is 1.56. The lowest BCUT2D eigenvalue weighted by Gasteiger charge is -2.26. The molecule has 4 atom stereocenters. The Kier molecular flexibility index (Phi) is 11.5. The zero-order valence-electron chi connectivity index (χ0n) is 22.8. The van der Waals surface area contributed by atoms with Gasteiger partial charge in [0.15, 0.2) is 0 Å². The average Bonchev–Trinajstić information content (AvgIpc) is 3.27. The molecule has 1 heterocycles. The van der Waals surface area contributed by atoms with Gasteiger partial charge in [-0.05, 0) is 36.3 Å². The van der Waals surface area contributed by atoms with Crippen molar-refractivity contribution in [2.24, 2.45) is 23.3 Å². The van der Waals surface area contributed by atoms with E-state index < -0.39 is 53.8 Å². The first-order valence-electron chi connectivity index (χ1n) is 13.0. The molecule has 0 saturated heterocycles. The van der Waals surface area contributed by atoms with Crippen LogP contribution in [0.2, 0.25) is 0 Å². The number of aliphatic carboxylic acids is 1. The fourth-order valence-corrected chi connectivity index (χ4v) is 4.09. The normalized spacial score (nSPS) is 14.4.